The maximum Gasteiger partial charge on any atom is 0.224 e. The van der Waals surface area contributed by atoms with Gasteiger partial charge in [-0.25, -0.2) is 4.98 Å². The van der Waals surface area contributed by atoms with E-state index in [1.54, 1.807) is 6.20 Å². The molecule has 5 heteroatoms. The van der Waals surface area contributed by atoms with Crippen LogP contribution in [0.4, 0.5) is 11.5 Å². The number of hydrogen-bond donors (Lipinski definition) is 1. The first kappa shape index (κ1) is 18.8. The third-order valence-corrected chi connectivity index (χ3v) is 5.61. The van der Waals surface area contributed by atoms with E-state index in [0.29, 0.717) is 18.9 Å². The fourth-order valence-electron chi connectivity index (χ4n) is 4.12. The number of anilines is 2. The first-order valence-corrected chi connectivity index (χ1v) is 10.5. The number of nitrogens with zero attached hydrogens (tertiary/aromatic N) is 2. The molecule has 0 radical (unpaired) electrons. The molecule has 0 spiro atoms. The molecule has 1 aromatic carbocycles. The summed E-state index contributed by atoms with van der Waals surface area (Å²) in [6.07, 6.45) is 10.5. The number of nitrogens with one attached hydrogen (secondary N) is 1. The lowest BCUT2D eigenvalue weighted by Gasteiger charge is -2.20. The number of carbonyl (C=O) groups excluding carboxylic acids is 1. The summed E-state index contributed by atoms with van der Waals surface area (Å²) in [6, 6.07) is 12.0. The maximum atomic E-state index is 12.5. The van der Waals surface area contributed by atoms with Gasteiger partial charge in [0.05, 0.1) is 11.8 Å². The summed E-state index contributed by atoms with van der Waals surface area (Å²) in [6.45, 7) is 2.02. The van der Waals surface area contributed by atoms with E-state index < -0.39 is 0 Å². The molecule has 2 fully saturated rings. The van der Waals surface area contributed by atoms with Gasteiger partial charge in [-0.15, -0.1) is 0 Å². The molecule has 28 heavy (non-hydrogen) atoms. The molecule has 5 nitrogen and oxygen atoms in total. The average Bonchev–Trinajstić information content (AvgIpc) is 3.41. The van der Waals surface area contributed by atoms with Crippen LogP contribution in [0.5, 0.6) is 5.75 Å². The largest absolute Gasteiger partial charge is 0.490 e. The maximum absolute atomic E-state index is 12.5. The number of ether oxygens (including phenoxy) is 1. The van der Waals surface area contributed by atoms with Crippen molar-refractivity contribution in [3.05, 3.63) is 48.2 Å². The average molecular weight is 380 g/mol. The second kappa shape index (κ2) is 9.09. The summed E-state index contributed by atoms with van der Waals surface area (Å²) < 4.78 is 6.08. The number of rotatable bonds is 7. The molecule has 4 rings (SSSR count). The highest BCUT2D eigenvalue weighted by molar-refractivity contribution is 5.93. The predicted molar refractivity (Wildman–Crippen MR) is 112 cm³/mol. The van der Waals surface area contributed by atoms with Crippen molar-refractivity contribution >= 4 is 17.4 Å². The van der Waals surface area contributed by atoms with Gasteiger partial charge in [-0.3, -0.25) is 4.79 Å². The summed E-state index contributed by atoms with van der Waals surface area (Å²) in [5, 5.41) is 3.06. The summed E-state index contributed by atoms with van der Waals surface area (Å²) in [5.41, 5.74) is 1.95. The van der Waals surface area contributed by atoms with Gasteiger partial charge in [0.25, 0.3) is 0 Å². The molecule has 0 atom stereocenters. The molecule has 0 bridgehead atoms. The van der Waals surface area contributed by atoms with Gasteiger partial charge in [-0.2, -0.15) is 0 Å². The van der Waals surface area contributed by atoms with Gasteiger partial charge in [0, 0.05) is 25.7 Å². The second-order valence-electron chi connectivity index (χ2n) is 7.79. The number of benzene rings is 1. The number of amides is 1. The molecule has 2 aromatic rings. The van der Waals surface area contributed by atoms with Crippen LogP contribution in [0.25, 0.3) is 0 Å². The number of carbonyl (C=O) groups is 1. The summed E-state index contributed by atoms with van der Waals surface area (Å²) in [4.78, 5) is 19.3. The standard InChI is InChI=1S/C23H29N3O2/c27-22(25-21-11-6-14-24-23(21)26-15-3-4-16-26)13-12-18-7-5-10-20(17-18)28-19-8-1-2-9-19/h5-7,10-11,14,17,19H,1-4,8-9,12-13,15-16H2,(H,25,27). The van der Waals surface area contributed by atoms with Crippen molar-refractivity contribution in [1.29, 1.82) is 0 Å². The monoisotopic (exact) mass is 379 g/mol. The molecule has 2 aliphatic rings. The van der Waals surface area contributed by atoms with Crippen molar-refractivity contribution in [3.8, 4) is 5.75 Å². The van der Waals surface area contributed by atoms with Gasteiger partial charge < -0.3 is 15.0 Å². The Morgan fingerprint density at radius 1 is 1.11 bits per heavy atom. The molecule has 0 unspecified atom stereocenters. The summed E-state index contributed by atoms with van der Waals surface area (Å²) >= 11 is 0. The quantitative estimate of drug-likeness (QED) is 0.765. The lowest BCUT2D eigenvalue weighted by molar-refractivity contribution is -0.116. The van der Waals surface area contributed by atoms with Gasteiger partial charge in [-0.05, 0) is 74.8 Å². The van der Waals surface area contributed by atoms with Crippen LogP contribution in [0, 0.1) is 0 Å². The fraction of sp³-hybridized carbons (Fsp3) is 0.478. The van der Waals surface area contributed by atoms with Crippen molar-refractivity contribution in [1.82, 2.24) is 4.98 Å². The van der Waals surface area contributed by atoms with E-state index in [1.807, 2.05) is 24.3 Å². The lowest BCUT2D eigenvalue weighted by Crippen LogP contribution is -2.22. The molecular formula is C23H29N3O2. The van der Waals surface area contributed by atoms with E-state index in [0.717, 1.165) is 48.7 Å². The van der Waals surface area contributed by atoms with Crippen LogP contribution in [0.2, 0.25) is 0 Å². The van der Waals surface area contributed by atoms with Crippen molar-refractivity contribution in [2.75, 3.05) is 23.3 Å². The molecular weight excluding hydrogens is 350 g/mol. The van der Waals surface area contributed by atoms with E-state index in [9.17, 15) is 4.79 Å². The number of pyridine rings is 1. The molecule has 1 aliphatic carbocycles. The molecule has 1 amide bonds. The lowest BCUT2D eigenvalue weighted by atomic mass is 10.1. The van der Waals surface area contributed by atoms with Crippen LogP contribution >= 0.6 is 0 Å². The van der Waals surface area contributed by atoms with Crippen molar-refractivity contribution in [3.63, 3.8) is 0 Å². The van der Waals surface area contributed by atoms with Crippen LogP contribution < -0.4 is 15.0 Å². The Labute approximate surface area is 167 Å². The first-order chi connectivity index (χ1) is 13.8. The van der Waals surface area contributed by atoms with E-state index >= 15 is 0 Å². The molecule has 2 heterocycles. The SMILES string of the molecule is O=C(CCc1cccc(OC2CCCC2)c1)Nc1cccnc1N1CCCC1. The summed E-state index contributed by atoms with van der Waals surface area (Å²) in [5.74, 6) is 1.84. The number of aryl methyl sites for hydroxylation is 1. The van der Waals surface area contributed by atoms with E-state index in [1.165, 1.54) is 25.7 Å². The van der Waals surface area contributed by atoms with Crippen molar-refractivity contribution in [2.45, 2.75) is 57.5 Å². The minimum absolute atomic E-state index is 0.0237. The zero-order valence-electron chi connectivity index (χ0n) is 16.4. The Morgan fingerprint density at radius 2 is 1.93 bits per heavy atom. The van der Waals surface area contributed by atoms with Gasteiger partial charge in [0.2, 0.25) is 5.91 Å². The normalized spacial score (nSPS) is 17.1. The highest BCUT2D eigenvalue weighted by atomic mass is 16.5. The van der Waals surface area contributed by atoms with Crippen LogP contribution in [-0.2, 0) is 11.2 Å². The number of hydrogen-bond acceptors (Lipinski definition) is 4. The van der Waals surface area contributed by atoms with Crippen molar-refractivity contribution < 1.29 is 9.53 Å². The predicted octanol–water partition coefficient (Wildman–Crippen LogP) is 4.57. The number of aromatic nitrogens is 1. The van der Waals surface area contributed by atoms with E-state index in [-0.39, 0.29) is 5.91 Å². The zero-order chi connectivity index (χ0) is 19.2. The molecule has 1 saturated heterocycles. The molecule has 1 aliphatic heterocycles. The highest BCUT2D eigenvalue weighted by Crippen LogP contribution is 2.27. The molecule has 1 N–H and O–H groups in total. The van der Waals surface area contributed by atoms with Crippen molar-refractivity contribution in [2.24, 2.45) is 0 Å². The van der Waals surface area contributed by atoms with Gasteiger partial charge in [-0.1, -0.05) is 12.1 Å². The topological polar surface area (TPSA) is 54.5 Å². The Kier molecular flexibility index (Phi) is 6.10. The fourth-order valence-corrected chi connectivity index (χ4v) is 4.12. The first-order valence-electron chi connectivity index (χ1n) is 10.5. The highest BCUT2D eigenvalue weighted by Gasteiger charge is 2.18. The second-order valence-corrected chi connectivity index (χ2v) is 7.79. The Hall–Kier alpha value is -2.56. The molecule has 148 valence electrons. The Bertz CT molecular complexity index is 796. The third kappa shape index (κ3) is 4.83. The molecule has 1 saturated carbocycles. The summed E-state index contributed by atoms with van der Waals surface area (Å²) in [7, 11) is 0. The van der Waals surface area contributed by atoms with Crippen LogP contribution in [0.3, 0.4) is 0 Å². The van der Waals surface area contributed by atoms with E-state index in [4.69, 9.17) is 4.74 Å². The zero-order valence-corrected chi connectivity index (χ0v) is 16.4. The smallest absolute Gasteiger partial charge is 0.224 e. The minimum atomic E-state index is 0.0237. The van der Waals surface area contributed by atoms with E-state index in [2.05, 4.69) is 27.3 Å². The van der Waals surface area contributed by atoms with Gasteiger partial charge in [0.1, 0.15) is 5.75 Å². The van der Waals surface area contributed by atoms with Gasteiger partial charge >= 0.3 is 0 Å². The third-order valence-electron chi connectivity index (χ3n) is 5.61. The van der Waals surface area contributed by atoms with Gasteiger partial charge in [0.15, 0.2) is 5.82 Å². The minimum Gasteiger partial charge on any atom is -0.490 e. The molecule has 1 aromatic heterocycles. The van der Waals surface area contributed by atoms with Crippen LogP contribution in [0.15, 0.2) is 42.6 Å². The Balaban J connectivity index is 1.32. The van der Waals surface area contributed by atoms with Crippen LogP contribution in [-0.4, -0.2) is 30.1 Å². The van der Waals surface area contributed by atoms with Crippen LogP contribution in [0.1, 0.15) is 50.5 Å². The Morgan fingerprint density at radius 3 is 2.75 bits per heavy atom.